The summed E-state index contributed by atoms with van der Waals surface area (Å²) in [6.45, 7) is 4.05. The Morgan fingerprint density at radius 3 is 2.79 bits per heavy atom. The average Bonchev–Trinajstić information content (AvgIpc) is 3.28. The minimum atomic E-state index is -1.14. The van der Waals surface area contributed by atoms with Gasteiger partial charge in [-0.05, 0) is 35.9 Å². The van der Waals surface area contributed by atoms with Crippen molar-refractivity contribution in [3.8, 4) is 11.5 Å². The third kappa shape index (κ3) is 4.69. The molecule has 0 unspecified atom stereocenters. The molecule has 1 aliphatic rings. The number of rotatable bonds is 8. The Bertz CT molecular complexity index is 1010. The molecule has 0 radical (unpaired) electrons. The highest BCUT2D eigenvalue weighted by atomic mass is 32.2. The van der Waals surface area contributed by atoms with Crippen molar-refractivity contribution in [3.63, 3.8) is 0 Å². The first kappa shape index (κ1) is 20.7. The molecule has 150 valence electrons. The minimum Gasteiger partial charge on any atom is -0.493 e. The lowest BCUT2D eigenvalue weighted by atomic mass is 10.2. The molecule has 0 spiro atoms. The zero-order chi connectivity index (χ0) is 21.0. The number of amides is 1. The van der Waals surface area contributed by atoms with Gasteiger partial charge in [0.15, 0.2) is 11.5 Å². The topological polar surface area (TPSA) is 89.2 Å². The molecule has 29 heavy (non-hydrogen) atoms. The van der Waals surface area contributed by atoms with E-state index in [1.165, 1.54) is 35.9 Å². The number of carbonyl (C=O) groups excluding carboxylic acids is 1. The summed E-state index contributed by atoms with van der Waals surface area (Å²) >= 11 is 6.47. The molecule has 1 aromatic carbocycles. The van der Waals surface area contributed by atoms with Gasteiger partial charge in [-0.15, -0.1) is 6.58 Å². The Morgan fingerprint density at radius 1 is 1.34 bits per heavy atom. The highest BCUT2D eigenvalue weighted by molar-refractivity contribution is 8.26. The fourth-order valence-corrected chi connectivity index (χ4v) is 3.83. The average molecular weight is 431 g/mol. The van der Waals surface area contributed by atoms with Crippen LogP contribution in [-0.2, 0) is 11.4 Å². The Hall–Kier alpha value is -3.04. The Kier molecular flexibility index (Phi) is 6.40. The lowest BCUT2D eigenvalue weighted by Crippen LogP contribution is -2.27. The quantitative estimate of drug-likeness (QED) is 0.382. The fourth-order valence-electron chi connectivity index (χ4n) is 2.55. The van der Waals surface area contributed by atoms with Gasteiger partial charge in [0.1, 0.15) is 16.7 Å². The van der Waals surface area contributed by atoms with E-state index in [1.807, 2.05) is 0 Å². The Labute approximate surface area is 176 Å². The monoisotopic (exact) mass is 431 g/mol. The van der Waals surface area contributed by atoms with Gasteiger partial charge in [0.05, 0.1) is 12.0 Å². The molecular weight excluding hydrogens is 414 g/mol. The zero-order valence-corrected chi connectivity index (χ0v) is 17.0. The van der Waals surface area contributed by atoms with Crippen molar-refractivity contribution in [2.75, 3.05) is 13.7 Å². The molecule has 0 bridgehead atoms. The van der Waals surface area contributed by atoms with E-state index < -0.39 is 5.97 Å². The van der Waals surface area contributed by atoms with Gasteiger partial charge in [-0.25, -0.2) is 4.79 Å². The van der Waals surface area contributed by atoms with Crippen LogP contribution in [0.15, 0.2) is 52.3 Å². The number of carboxylic acids is 1. The maximum absolute atomic E-state index is 12.4. The Morgan fingerprint density at radius 2 is 2.14 bits per heavy atom. The predicted molar refractivity (Wildman–Crippen MR) is 113 cm³/mol. The van der Waals surface area contributed by atoms with E-state index in [0.717, 1.165) is 5.56 Å². The van der Waals surface area contributed by atoms with Crippen LogP contribution in [0, 0.1) is 0 Å². The van der Waals surface area contributed by atoms with Crippen molar-refractivity contribution >= 4 is 46.3 Å². The van der Waals surface area contributed by atoms with Crippen molar-refractivity contribution in [3.05, 3.63) is 65.0 Å². The van der Waals surface area contributed by atoms with Crippen molar-refractivity contribution in [2.24, 2.45) is 0 Å². The second-order valence-corrected chi connectivity index (χ2v) is 7.53. The molecule has 0 aliphatic carbocycles. The molecule has 0 saturated carbocycles. The molecule has 1 amide bonds. The number of thiocarbonyl (C=S) groups is 1. The molecule has 2 heterocycles. The first-order chi connectivity index (χ1) is 13.9. The van der Waals surface area contributed by atoms with Gasteiger partial charge in [0.2, 0.25) is 5.76 Å². The van der Waals surface area contributed by atoms with Gasteiger partial charge in [-0.3, -0.25) is 9.69 Å². The summed E-state index contributed by atoms with van der Waals surface area (Å²) in [6, 6.07) is 8.12. The molecule has 1 saturated heterocycles. The van der Waals surface area contributed by atoms with E-state index in [-0.39, 0.29) is 18.3 Å². The first-order valence-electron chi connectivity index (χ1n) is 8.42. The lowest BCUT2D eigenvalue weighted by Gasteiger charge is -2.11. The van der Waals surface area contributed by atoms with E-state index >= 15 is 0 Å². The molecule has 2 aromatic rings. The van der Waals surface area contributed by atoms with Crippen molar-refractivity contribution in [2.45, 2.75) is 6.61 Å². The van der Waals surface area contributed by atoms with Gasteiger partial charge >= 0.3 is 5.97 Å². The fraction of sp³-hybridized carbons (Fsp3) is 0.150. The van der Waals surface area contributed by atoms with E-state index in [2.05, 4.69) is 6.58 Å². The second kappa shape index (κ2) is 8.97. The van der Waals surface area contributed by atoms with Crippen LogP contribution in [0.4, 0.5) is 0 Å². The standard InChI is InChI=1S/C20H17NO6S2/c1-3-8-21-18(22)17(29-20(21)28)10-12-4-6-14(16(9-12)25-2)26-11-13-5-7-15(27-13)19(23)24/h3-7,9-10H,1,8,11H2,2H3,(H,23,24)/b17-10-. The summed E-state index contributed by atoms with van der Waals surface area (Å²) in [6.07, 6.45) is 3.36. The predicted octanol–water partition coefficient (Wildman–Crippen LogP) is 3.95. The van der Waals surface area contributed by atoms with Crippen LogP contribution in [-0.4, -0.2) is 39.9 Å². The maximum Gasteiger partial charge on any atom is 0.371 e. The minimum absolute atomic E-state index is 0.0448. The number of hydrogen-bond donors (Lipinski definition) is 1. The van der Waals surface area contributed by atoms with Gasteiger partial charge < -0.3 is 19.0 Å². The van der Waals surface area contributed by atoms with Crippen LogP contribution < -0.4 is 9.47 Å². The van der Waals surface area contributed by atoms with E-state index in [9.17, 15) is 9.59 Å². The normalized spacial score (nSPS) is 15.1. The highest BCUT2D eigenvalue weighted by Crippen LogP contribution is 2.35. The van der Waals surface area contributed by atoms with E-state index in [4.69, 9.17) is 31.2 Å². The molecule has 0 atom stereocenters. The molecule has 1 aliphatic heterocycles. The van der Waals surface area contributed by atoms with Crippen molar-refractivity contribution in [1.29, 1.82) is 0 Å². The summed E-state index contributed by atoms with van der Waals surface area (Å²) < 4.78 is 16.7. The van der Waals surface area contributed by atoms with Crippen molar-refractivity contribution in [1.82, 2.24) is 4.90 Å². The van der Waals surface area contributed by atoms with Crippen LogP contribution >= 0.6 is 24.0 Å². The summed E-state index contributed by atoms with van der Waals surface area (Å²) in [5.74, 6) is -0.162. The van der Waals surface area contributed by atoms with Gasteiger partial charge in [-0.1, -0.05) is 36.1 Å². The number of carbonyl (C=O) groups is 2. The molecule has 1 aromatic heterocycles. The third-order valence-corrected chi connectivity index (χ3v) is 5.29. The number of furan rings is 1. The second-order valence-electron chi connectivity index (χ2n) is 5.85. The number of methoxy groups -OCH3 is 1. The number of thioether (sulfide) groups is 1. The van der Waals surface area contributed by atoms with E-state index in [1.54, 1.807) is 30.4 Å². The summed E-state index contributed by atoms with van der Waals surface area (Å²) in [5.41, 5.74) is 0.750. The van der Waals surface area contributed by atoms with Gasteiger partial charge in [0, 0.05) is 6.54 Å². The summed E-state index contributed by atoms with van der Waals surface area (Å²) in [7, 11) is 1.50. The van der Waals surface area contributed by atoms with Crippen LogP contribution in [0.5, 0.6) is 11.5 Å². The van der Waals surface area contributed by atoms with Crippen LogP contribution in [0.3, 0.4) is 0 Å². The first-order valence-corrected chi connectivity index (χ1v) is 9.64. The number of aromatic carboxylic acids is 1. The van der Waals surface area contributed by atoms with Crippen LogP contribution in [0.2, 0.25) is 0 Å². The number of benzene rings is 1. The Balaban J connectivity index is 1.74. The van der Waals surface area contributed by atoms with Crippen LogP contribution in [0.1, 0.15) is 21.9 Å². The smallest absolute Gasteiger partial charge is 0.371 e. The van der Waals surface area contributed by atoms with Crippen molar-refractivity contribution < 1.29 is 28.6 Å². The molecule has 1 N–H and O–H groups in total. The number of carboxylic acid groups (broad SMARTS) is 1. The number of hydrogen-bond acceptors (Lipinski definition) is 7. The largest absolute Gasteiger partial charge is 0.493 e. The lowest BCUT2D eigenvalue weighted by molar-refractivity contribution is -0.121. The molecular formula is C20H17NO6S2. The summed E-state index contributed by atoms with van der Waals surface area (Å²) in [5, 5.41) is 8.89. The number of nitrogens with zero attached hydrogens (tertiary/aromatic N) is 1. The zero-order valence-electron chi connectivity index (χ0n) is 15.4. The third-order valence-electron chi connectivity index (χ3n) is 3.91. The van der Waals surface area contributed by atoms with E-state index in [0.29, 0.717) is 33.0 Å². The maximum atomic E-state index is 12.4. The summed E-state index contributed by atoms with van der Waals surface area (Å²) in [4.78, 5) is 25.3. The SMILES string of the molecule is C=CCN1C(=O)/C(=C/c2ccc(OCc3ccc(C(=O)O)o3)c(OC)c2)SC1=S. The van der Waals surface area contributed by atoms with Gasteiger partial charge in [0.25, 0.3) is 5.91 Å². The number of ether oxygens (including phenoxy) is 2. The van der Waals surface area contributed by atoms with Crippen LogP contribution in [0.25, 0.3) is 6.08 Å². The molecule has 3 rings (SSSR count). The van der Waals surface area contributed by atoms with Gasteiger partial charge in [-0.2, -0.15) is 0 Å². The molecule has 1 fully saturated rings. The molecule has 9 heteroatoms. The highest BCUT2D eigenvalue weighted by Gasteiger charge is 2.31. The molecule has 7 nitrogen and oxygen atoms in total.